The maximum atomic E-state index is 6.48. The molecule has 1 aliphatic rings. The van der Waals surface area contributed by atoms with E-state index in [1.165, 1.54) is 16.3 Å². The third-order valence-electron chi connectivity index (χ3n) is 10.8. The lowest BCUT2D eigenvalue weighted by atomic mass is 10.0. The molecule has 0 aliphatic carbocycles. The fraction of sp³-hybridized carbons (Fsp3) is 0. The van der Waals surface area contributed by atoms with E-state index in [-0.39, 0.29) is 0 Å². The van der Waals surface area contributed by atoms with Crippen LogP contribution in [0.15, 0.2) is 179 Å². The monoisotopic (exact) mass is 680 g/mol. The maximum Gasteiger partial charge on any atom is 0.152 e. The number of furan rings is 2. The van der Waals surface area contributed by atoms with Crippen molar-refractivity contribution in [1.82, 2.24) is 4.57 Å². The van der Waals surface area contributed by atoms with Crippen molar-refractivity contribution >= 4 is 82.7 Å². The van der Waals surface area contributed by atoms with Crippen LogP contribution in [0.4, 0.5) is 17.1 Å². The zero-order chi connectivity index (χ0) is 34.6. The van der Waals surface area contributed by atoms with Crippen molar-refractivity contribution in [3.63, 3.8) is 0 Å². The summed E-state index contributed by atoms with van der Waals surface area (Å²) in [4.78, 5) is 2.27. The van der Waals surface area contributed by atoms with Crippen molar-refractivity contribution in [2.75, 3.05) is 4.90 Å². The van der Waals surface area contributed by atoms with Gasteiger partial charge in [-0.1, -0.05) is 84.9 Å². The van der Waals surface area contributed by atoms with Gasteiger partial charge in [0.2, 0.25) is 0 Å². The Kier molecular flexibility index (Phi) is 5.71. The van der Waals surface area contributed by atoms with Gasteiger partial charge in [0, 0.05) is 61.5 Å². The number of para-hydroxylation sites is 4. The van der Waals surface area contributed by atoms with Gasteiger partial charge in [-0.2, -0.15) is 0 Å². The van der Waals surface area contributed by atoms with Gasteiger partial charge in [0.25, 0.3) is 0 Å². The van der Waals surface area contributed by atoms with E-state index in [1.807, 2.05) is 24.3 Å². The molecule has 0 amide bonds. The van der Waals surface area contributed by atoms with Gasteiger partial charge in [-0.15, -0.1) is 0 Å². The Balaban J connectivity index is 0.993. The van der Waals surface area contributed by atoms with Crippen LogP contribution in [0.1, 0.15) is 0 Å². The van der Waals surface area contributed by atoms with Gasteiger partial charge in [-0.3, -0.25) is 0 Å². The number of anilines is 3. The largest absolute Gasteiger partial charge is 0.456 e. The minimum Gasteiger partial charge on any atom is -0.456 e. The molecule has 5 nitrogen and oxygen atoms in total. The molecule has 4 heterocycles. The summed E-state index contributed by atoms with van der Waals surface area (Å²) in [7, 11) is 0. The van der Waals surface area contributed by atoms with E-state index < -0.39 is 0 Å². The summed E-state index contributed by atoms with van der Waals surface area (Å²) in [5, 5.41) is 6.83. The zero-order valence-corrected chi connectivity index (χ0v) is 28.3. The van der Waals surface area contributed by atoms with Gasteiger partial charge in [0.15, 0.2) is 11.5 Å². The average molecular weight is 681 g/mol. The van der Waals surface area contributed by atoms with Crippen molar-refractivity contribution in [1.29, 1.82) is 0 Å². The molecular weight excluding hydrogens is 653 g/mol. The first-order valence-corrected chi connectivity index (χ1v) is 17.8. The molecule has 11 aromatic rings. The van der Waals surface area contributed by atoms with Crippen molar-refractivity contribution in [2.45, 2.75) is 0 Å². The molecule has 0 radical (unpaired) electrons. The number of nitrogens with zero attached hydrogens (tertiary/aromatic N) is 2. The van der Waals surface area contributed by atoms with Crippen molar-refractivity contribution in [2.24, 2.45) is 0 Å². The lowest BCUT2D eigenvalue weighted by molar-refractivity contribution is 0.476. The maximum absolute atomic E-state index is 6.48. The third kappa shape index (κ3) is 4.13. The molecule has 0 spiro atoms. The van der Waals surface area contributed by atoms with Crippen LogP contribution < -0.4 is 9.64 Å². The minimum atomic E-state index is 0.847. The Hall–Kier alpha value is -7.24. The summed E-state index contributed by atoms with van der Waals surface area (Å²) in [6, 6.07) is 59.5. The van der Waals surface area contributed by atoms with E-state index >= 15 is 0 Å². The van der Waals surface area contributed by atoms with E-state index in [4.69, 9.17) is 13.6 Å². The number of aromatic nitrogens is 1. The molecule has 12 rings (SSSR count). The van der Waals surface area contributed by atoms with Gasteiger partial charge in [0.1, 0.15) is 22.3 Å². The van der Waals surface area contributed by atoms with E-state index in [0.717, 1.165) is 94.8 Å². The third-order valence-corrected chi connectivity index (χ3v) is 10.8. The molecule has 0 bridgehead atoms. The Labute approximate surface area is 303 Å². The van der Waals surface area contributed by atoms with Gasteiger partial charge in [-0.05, 0) is 83.9 Å². The number of rotatable bonds is 4. The summed E-state index contributed by atoms with van der Waals surface area (Å²) in [5.74, 6) is 1.73. The molecule has 0 unspecified atom stereocenters. The molecule has 8 aromatic carbocycles. The van der Waals surface area contributed by atoms with Crippen LogP contribution in [-0.4, -0.2) is 4.57 Å². The highest BCUT2D eigenvalue weighted by molar-refractivity contribution is 6.12. The number of ether oxygens (including phenoxy) is 1. The Bertz CT molecular complexity index is 3160. The number of hydrogen-bond acceptors (Lipinski definition) is 4. The van der Waals surface area contributed by atoms with Crippen LogP contribution >= 0.6 is 0 Å². The summed E-state index contributed by atoms with van der Waals surface area (Å²) in [5.41, 5.74) is 12.0. The zero-order valence-electron chi connectivity index (χ0n) is 28.3. The van der Waals surface area contributed by atoms with Crippen LogP contribution in [0.3, 0.4) is 0 Å². The molecule has 0 N–H and O–H groups in total. The average Bonchev–Trinajstić information content (AvgIpc) is 3.88. The predicted octanol–water partition coefficient (Wildman–Crippen LogP) is 13.8. The van der Waals surface area contributed by atoms with Crippen LogP contribution in [0, 0.1) is 0 Å². The lowest BCUT2D eigenvalue weighted by Gasteiger charge is -2.26. The van der Waals surface area contributed by atoms with Crippen LogP contribution in [0.5, 0.6) is 11.5 Å². The van der Waals surface area contributed by atoms with E-state index in [2.05, 4.69) is 155 Å². The predicted molar refractivity (Wildman–Crippen MR) is 216 cm³/mol. The fourth-order valence-corrected chi connectivity index (χ4v) is 8.35. The fourth-order valence-electron chi connectivity index (χ4n) is 8.35. The smallest absolute Gasteiger partial charge is 0.152 e. The highest BCUT2D eigenvalue weighted by Crippen LogP contribution is 2.47. The van der Waals surface area contributed by atoms with Crippen LogP contribution in [-0.2, 0) is 0 Å². The molecule has 0 saturated heterocycles. The Morgan fingerprint density at radius 2 is 0.943 bits per heavy atom. The molecule has 1 aliphatic heterocycles. The Morgan fingerprint density at radius 1 is 0.377 bits per heavy atom. The second-order valence-corrected chi connectivity index (χ2v) is 13.7. The Morgan fingerprint density at radius 3 is 1.64 bits per heavy atom. The van der Waals surface area contributed by atoms with Gasteiger partial charge in [0.05, 0.1) is 16.7 Å². The molecule has 248 valence electrons. The summed E-state index contributed by atoms with van der Waals surface area (Å²) in [6.45, 7) is 0. The van der Waals surface area contributed by atoms with E-state index in [1.54, 1.807) is 0 Å². The van der Waals surface area contributed by atoms with E-state index in [0.29, 0.717) is 0 Å². The topological polar surface area (TPSA) is 43.7 Å². The molecule has 53 heavy (non-hydrogen) atoms. The SMILES string of the molecule is c1ccc2c(c1)oc1cc(N(c3ccc(-c4ccc5c(c4)-n4c6ccccc6c6cccc(c64)O5)cc3)c3ccc4c(c3)oc3ccccc34)ccc12. The first-order valence-electron chi connectivity index (χ1n) is 17.8. The highest BCUT2D eigenvalue weighted by atomic mass is 16.5. The standard InChI is InChI=1S/C48H28N2O3/c1-4-12-40-34(8-1)39-11-7-15-45-48(39)50(40)41-26-30(18-25-44(41)53-45)29-16-19-31(20-17-29)49(32-21-23-37-35-9-2-5-13-42(35)51-46(37)27-32)33-22-24-38-36-10-3-6-14-43(36)52-47(38)28-33/h1-28H. The number of hydrogen-bond donors (Lipinski definition) is 0. The molecule has 0 saturated carbocycles. The number of benzene rings is 8. The minimum absolute atomic E-state index is 0.847. The van der Waals surface area contributed by atoms with Crippen LogP contribution in [0.25, 0.3) is 82.5 Å². The molecular formula is C48H28N2O3. The second-order valence-electron chi connectivity index (χ2n) is 13.7. The van der Waals surface area contributed by atoms with Crippen LogP contribution in [0.2, 0.25) is 0 Å². The summed E-state index contributed by atoms with van der Waals surface area (Å²) >= 11 is 0. The summed E-state index contributed by atoms with van der Waals surface area (Å²) < 4.78 is 21.5. The first kappa shape index (κ1) is 28.5. The van der Waals surface area contributed by atoms with Gasteiger partial charge in [-0.25, -0.2) is 0 Å². The second kappa shape index (κ2) is 10.6. The normalized spacial score (nSPS) is 12.3. The quantitative estimate of drug-likeness (QED) is 0.186. The number of fused-ring (bicyclic) bond motifs is 11. The van der Waals surface area contributed by atoms with E-state index in [9.17, 15) is 0 Å². The molecule has 5 heteroatoms. The van der Waals surface area contributed by atoms with Crippen molar-refractivity contribution in [3.8, 4) is 28.3 Å². The molecule has 0 fully saturated rings. The van der Waals surface area contributed by atoms with Gasteiger partial charge >= 0.3 is 0 Å². The van der Waals surface area contributed by atoms with Crippen molar-refractivity contribution in [3.05, 3.63) is 170 Å². The van der Waals surface area contributed by atoms with Crippen molar-refractivity contribution < 1.29 is 13.6 Å². The first-order chi connectivity index (χ1) is 26.2. The molecule has 0 atom stereocenters. The summed E-state index contributed by atoms with van der Waals surface area (Å²) in [6.07, 6.45) is 0. The lowest BCUT2D eigenvalue weighted by Crippen LogP contribution is -2.09. The highest BCUT2D eigenvalue weighted by Gasteiger charge is 2.24. The molecule has 3 aromatic heterocycles. The van der Waals surface area contributed by atoms with Gasteiger partial charge < -0.3 is 23.0 Å².